The van der Waals surface area contributed by atoms with Crippen molar-refractivity contribution in [3.05, 3.63) is 0 Å². The first-order valence-corrected chi connectivity index (χ1v) is 5.18. The molecule has 14 heavy (non-hydrogen) atoms. The van der Waals surface area contributed by atoms with Crippen LogP contribution in [0, 0.1) is 29.6 Å². The molecule has 4 heteroatoms. The number of aliphatic hydroxyl groups is 1. The summed E-state index contributed by atoms with van der Waals surface area (Å²) in [5.41, 5.74) is 0. The van der Waals surface area contributed by atoms with Crippen LogP contribution >= 0.6 is 0 Å². The van der Waals surface area contributed by atoms with Gasteiger partial charge < -0.3 is 5.11 Å². The van der Waals surface area contributed by atoms with Gasteiger partial charge in [0.25, 0.3) is 0 Å². The molecular weight excluding hydrogens is 182 g/mol. The van der Waals surface area contributed by atoms with Gasteiger partial charge in [-0.15, -0.1) is 0 Å². The van der Waals surface area contributed by atoms with Gasteiger partial charge in [-0.25, -0.2) is 0 Å². The average molecular weight is 195 g/mol. The quantitative estimate of drug-likeness (QED) is 0.555. The highest BCUT2D eigenvalue weighted by Gasteiger charge is 2.60. The molecule has 2 bridgehead atoms. The predicted molar refractivity (Wildman–Crippen MR) is 46.9 cm³/mol. The van der Waals surface area contributed by atoms with E-state index in [9.17, 15) is 9.59 Å². The number of carbonyl (C=O) groups is 2. The summed E-state index contributed by atoms with van der Waals surface area (Å²) in [5, 5.41) is 11.5. The van der Waals surface area contributed by atoms with Crippen LogP contribution in [0.25, 0.3) is 0 Å². The maximum Gasteiger partial charge on any atom is 0.230 e. The smallest absolute Gasteiger partial charge is 0.230 e. The molecule has 3 fully saturated rings. The molecule has 2 saturated carbocycles. The van der Waals surface area contributed by atoms with Crippen LogP contribution in [0.1, 0.15) is 12.8 Å². The lowest BCUT2D eigenvalue weighted by molar-refractivity contribution is -0.126. The normalized spacial score (nSPS) is 49.6. The summed E-state index contributed by atoms with van der Waals surface area (Å²) in [6, 6.07) is 0. The number of nitrogens with one attached hydrogen (secondary N) is 1. The van der Waals surface area contributed by atoms with Crippen LogP contribution in [0.3, 0.4) is 0 Å². The lowest BCUT2D eigenvalue weighted by Crippen LogP contribution is -2.31. The van der Waals surface area contributed by atoms with E-state index in [2.05, 4.69) is 5.32 Å². The largest absolute Gasteiger partial charge is 0.396 e. The summed E-state index contributed by atoms with van der Waals surface area (Å²) >= 11 is 0. The fourth-order valence-electron chi connectivity index (χ4n) is 3.73. The van der Waals surface area contributed by atoms with E-state index in [1.807, 2.05) is 0 Å². The van der Waals surface area contributed by atoms with Gasteiger partial charge in [-0.3, -0.25) is 14.9 Å². The van der Waals surface area contributed by atoms with E-state index in [1.165, 1.54) is 0 Å². The molecule has 3 rings (SSSR count). The molecule has 0 aromatic heterocycles. The number of aliphatic hydroxyl groups excluding tert-OH is 1. The van der Waals surface area contributed by atoms with Crippen LogP contribution in [0.2, 0.25) is 0 Å². The minimum atomic E-state index is -0.126. The van der Waals surface area contributed by atoms with Crippen LogP contribution in [0.15, 0.2) is 0 Å². The lowest BCUT2D eigenvalue weighted by Gasteiger charge is -2.26. The maximum absolute atomic E-state index is 11.5. The lowest BCUT2D eigenvalue weighted by atomic mass is 9.75. The second-order valence-electron chi connectivity index (χ2n) is 4.74. The molecule has 2 amide bonds. The Morgan fingerprint density at radius 2 is 1.93 bits per heavy atom. The molecule has 2 aliphatic carbocycles. The Labute approximate surface area is 81.7 Å². The Kier molecular flexibility index (Phi) is 1.54. The molecule has 3 aliphatic rings. The minimum absolute atomic E-state index is 0.0738. The van der Waals surface area contributed by atoms with E-state index in [0.29, 0.717) is 5.92 Å². The fourth-order valence-corrected chi connectivity index (χ4v) is 3.73. The van der Waals surface area contributed by atoms with Gasteiger partial charge in [-0.2, -0.15) is 0 Å². The molecule has 0 aromatic rings. The van der Waals surface area contributed by atoms with Gasteiger partial charge in [0.1, 0.15) is 0 Å². The molecule has 2 N–H and O–H groups in total. The van der Waals surface area contributed by atoms with Gasteiger partial charge >= 0.3 is 0 Å². The first-order valence-electron chi connectivity index (χ1n) is 5.18. The summed E-state index contributed by atoms with van der Waals surface area (Å²) in [4.78, 5) is 23.0. The van der Waals surface area contributed by atoms with E-state index < -0.39 is 0 Å². The van der Waals surface area contributed by atoms with Crippen LogP contribution in [0.5, 0.6) is 0 Å². The van der Waals surface area contributed by atoms with Gasteiger partial charge in [-0.1, -0.05) is 0 Å². The zero-order valence-electron chi connectivity index (χ0n) is 7.77. The van der Waals surface area contributed by atoms with Crippen LogP contribution < -0.4 is 5.32 Å². The van der Waals surface area contributed by atoms with Crippen molar-refractivity contribution < 1.29 is 14.7 Å². The van der Waals surface area contributed by atoms with Crippen molar-refractivity contribution in [2.75, 3.05) is 6.61 Å². The molecule has 5 atom stereocenters. The average Bonchev–Trinajstić information content (AvgIpc) is 2.78. The predicted octanol–water partition coefficient (Wildman–Crippen LogP) is -0.477. The van der Waals surface area contributed by atoms with E-state index in [4.69, 9.17) is 5.11 Å². The zero-order chi connectivity index (χ0) is 9.87. The first kappa shape index (κ1) is 8.41. The number of amides is 2. The molecule has 1 saturated heterocycles. The third-order valence-electron chi connectivity index (χ3n) is 4.23. The molecule has 5 unspecified atom stereocenters. The Morgan fingerprint density at radius 1 is 1.21 bits per heavy atom. The van der Waals surface area contributed by atoms with Crippen molar-refractivity contribution >= 4 is 11.8 Å². The molecule has 76 valence electrons. The number of rotatable bonds is 1. The van der Waals surface area contributed by atoms with E-state index in [-0.39, 0.29) is 42.1 Å². The Morgan fingerprint density at radius 3 is 2.64 bits per heavy atom. The third kappa shape index (κ3) is 0.823. The van der Waals surface area contributed by atoms with Crippen molar-refractivity contribution in [1.82, 2.24) is 5.32 Å². The highest BCUT2D eigenvalue weighted by atomic mass is 16.3. The second-order valence-corrected chi connectivity index (χ2v) is 4.74. The maximum atomic E-state index is 11.5. The molecule has 0 radical (unpaired) electrons. The van der Waals surface area contributed by atoms with E-state index in [0.717, 1.165) is 12.8 Å². The molecule has 0 spiro atoms. The standard InChI is InChI=1S/C10H13NO3/c12-3-5-1-4-2-6(5)8-7(4)9(13)11-10(8)14/h4-8,12H,1-3H2,(H,11,13,14). The van der Waals surface area contributed by atoms with Gasteiger partial charge in [0.2, 0.25) is 11.8 Å². The van der Waals surface area contributed by atoms with E-state index >= 15 is 0 Å². The number of imide groups is 1. The Bertz CT molecular complexity index is 314. The monoisotopic (exact) mass is 195 g/mol. The van der Waals surface area contributed by atoms with Crippen LogP contribution in [-0.4, -0.2) is 23.5 Å². The molecule has 0 aromatic carbocycles. The number of hydrogen-bond acceptors (Lipinski definition) is 3. The van der Waals surface area contributed by atoms with Gasteiger partial charge in [-0.05, 0) is 30.6 Å². The summed E-state index contributed by atoms with van der Waals surface area (Å²) < 4.78 is 0. The highest BCUT2D eigenvalue weighted by Crippen LogP contribution is 2.56. The molecule has 4 nitrogen and oxygen atoms in total. The first-order chi connectivity index (χ1) is 6.72. The fraction of sp³-hybridized carbons (Fsp3) is 0.800. The minimum Gasteiger partial charge on any atom is -0.396 e. The summed E-state index contributed by atoms with van der Waals surface area (Å²) in [6.07, 6.45) is 1.88. The van der Waals surface area contributed by atoms with Crippen LogP contribution in [0.4, 0.5) is 0 Å². The highest BCUT2D eigenvalue weighted by molar-refractivity contribution is 6.06. The third-order valence-corrected chi connectivity index (χ3v) is 4.23. The Balaban J connectivity index is 1.94. The Hall–Kier alpha value is -0.900. The van der Waals surface area contributed by atoms with Crippen molar-refractivity contribution in [2.45, 2.75) is 12.8 Å². The molecule has 1 aliphatic heterocycles. The molecular formula is C10H13NO3. The zero-order valence-corrected chi connectivity index (χ0v) is 7.77. The SMILES string of the molecule is O=C1NC(=O)C2C3CC(CC3CO)C12. The summed E-state index contributed by atoms with van der Waals surface area (Å²) in [5.74, 6) is 0.455. The second kappa shape index (κ2) is 2.57. The molecule has 1 heterocycles. The number of carbonyl (C=O) groups excluding carboxylic acids is 2. The van der Waals surface area contributed by atoms with Crippen LogP contribution in [-0.2, 0) is 9.59 Å². The van der Waals surface area contributed by atoms with Crippen molar-refractivity contribution in [1.29, 1.82) is 0 Å². The summed E-state index contributed by atoms with van der Waals surface area (Å²) in [7, 11) is 0. The summed E-state index contributed by atoms with van der Waals surface area (Å²) in [6.45, 7) is 0.159. The number of fused-ring (bicyclic) bond motifs is 5. The van der Waals surface area contributed by atoms with Crippen molar-refractivity contribution in [2.24, 2.45) is 29.6 Å². The number of hydrogen-bond donors (Lipinski definition) is 2. The van der Waals surface area contributed by atoms with Crippen molar-refractivity contribution in [3.8, 4) is 0 Å². The van der Waals surface area contributed by atoms with Gasteiger partial charge in [0.05, 0.1) is 11.8 Å². The van der Waals surface area contributed by atoms with Crippen molar-refractivity contribution in [3.63, 3.8) is 0 Å². The van der Waals surface area contributed by atoms with Gasteiger partial charge in [0, 0.05) is 6.61 Å². The van der Waals surface area contributed by atoms with Gasteiger partial charge in [0.15, 0.2) is 0 Å². The van der Waals surface area contributed by atoms with E-state index in [1.54, 1.807) is 0 Å². The topological polar surface area (TPSA) is 66.4 Å².